The Morgan fingerprint density at radius 2 is 2.35 bits per heavy atom. The minimum Gasteiger partial charge on any atom is -0.479 e. The Bertz CT molecular complexity index is 489. The van der Waals surface area contributed by atoms with Crippen molar-refractivity contribution in [3.8, 4) is 0 Å². The van der Waals surface area contributed by atoms with Crippen molar-refractivity contribution in [2.24, 2.45) is 0 Å². The van der Waals surface area contributed by atoms with Gasteiger partial charge in [0, 0.05) is 11.4 Å². The van der Waals surface area contributed by atoms with Gasteiger partial charge in [-0.1, -0.05) is 13.0 Å². The second-order valence-corrected chi connectivity index (χ2v) is 6.11. The molecule has 0 aromatic carbocycles. The topological polar surface area (TPSA) is 69.6 Å². The average molecular weight is 296 g/mol. The SMILES string of the molecule is CCC1(C(=O)O)CCCN1C(=O)NC(C)c1cccs1. The lowest BCUT2D eigenvalue weighted by Gasteiger charge is -2.34. The van der Waals surface area contributed by atoms with E-state index in [1.165, 1.54) is 4.90 Å². The molecule has 2 heterocycles. The lowest BCUT2D eigenvalue weighted by molar-refractivity contribution is -0.148. The molecule has 1 aliphatic heterocycles. The zero-order valence-corrected chi connectivity index (χ0v) is 12.6. The predicted octanol–water partition coefficient (Wildman–Crippen LogP) is 2.85. The number of hydrogen-bond acceptors (Lipinski definition) is 3. The van der Waals surface area contributed by atoms with Crippen LogP contribution in [0.2, 0.25) is 0 Å². The van der Waals surface area contributed by atoms with E-state index < -0.39 is 11.5 Å². The molecule has 2 amide bonds. The number of rotatable bonds is 4. The summed E-state index contributed by atoms with van der Waals surface area (Å²) in [5.41, 5.74) is -1.04. The van der Waals surface area contributed by atoms with E-state index in [1.54, 1.807) is 11.3 Å². The molecule has 2 unspecified atom stereocenters. The van der Waals surface area contributed by atoms with Gasteiger partial charge in [0.15, 0.2) is 0 Å². The Balaban J connectivity index is 2.10. The summed E-state index contributed by atoms with van der Waals surface area (Å²) < 4.78 is 0. The van der Waals surface area contributed by atoms with Gasteiger partial charge in [0.1, 0.15) is 5.54 Å². The van der Waals surface area contributed by atoms with Crippen LogP contribution in [0.5, 0.6) is 0 Å². The number of carbonyl (C=O) groups excluding carboxylic acids is 1. The molecule has 0 aliphatic carbocycles. The zero-order valence-electron chi connectivity index (χ0n) is 11.8. The fraction of sp³-hybridized carbons (Fsp3) is 0.571. The summed E-state index contributed by atoms with van der Waals surface area (Å²) in [6, 6.07) is 3.51. The van der Waals surface area contributed by atoms with Crippen molar-refractivity contribution < 1.29 is 14.7 Å². The number of carboxylic acids is 1. The largest absolute Gasteiger partial charge is 0.479 e. The van der Waals surface area contributed by atoms with Crippen LogP contribution in [0, 0.1) is 0 Å². The molecule has 1 saturated heterocycles. The van der Waals surface area contributed by atoms with E-state index in [0.717, 1.165) is 11.3 Å². The molecule has 6 heteroatoms. The molecule has 20 heavy (non-hydrogen) atoms. The molecule has 2 atom stereocenters. The van der Waals surface area contributed by atoms with Crippen LogP contribution >= 0.6 is 11.3 Å². The first kappa shape index (κ1) is 14.8. The van der Waals surface area contributed by atoms with Crippen LogP contribution < -0.4 is 5.32 Å². The highest BCUT2D eigenvalue weighted by atomic mass is 32.1. The van der Waals surface area contributed by atoms with Crippen molar-refractivity contribution in [3.63, 3.8) is 0 Å². The summed E-state index contributed by atoms with van der Waals surface area (Å²) in [5.74, 6) is -0.906. The number of aliphatic carboxylic acids is 1. The fourth-order valence-electron chi connectivity index (χ4n) is 2.79. The number of urea groups is 1. The first-order valence-electron chi connectivity index (χ1n) is 6.86. The molecule has 0 bridgehead atoms. The van der Waals surface area contributed by atoms with Gasteiger partial charge < -0.3 is 15.3 Å². The van der Waals surface area contributed by atoms with E-state index in [9.17, 15) is 14.7 Å². The van der Waals surface area contributed by atoms with E-state index in [2.05, 4.69) is 5.32 Å². The van der Waals surface area contributed by atoms with Gasteiger partial charge >= 0.3 is 12.0 Å². The number of hydrogen-bond donors (Lipinski definition) is 2. The van der Waals surface area contributed by atoms with Crippen LogP contribution in [0.3, 0.4) is 0 Å². The summed E-state index contributed by atoms with van der Waals surface area (Å²) >= 11 is 1.58. The van der Waals surface area contributed by atoms with Crippen molar-refractivity contribution in [1.82, 2.24) is 10.2 Å². The van der Waals surface area contributed by atoms with E-state index in [4.69, 9.17) is 0 Å². The third kappa shape index (κ3) is 2.52. The maximum atomic E-state index is 12.4. The number of carbonyl (C=O) groups is 2. The number of nitrogens with one attached hydrogen (secondary N) is 1. The highest BCUT2D eigenvalue weighted by molar-refractivity contribution is 7.10. The summed E-state index contributed by atoms with van der Waals surface area (Å²) in [4.78, 5) is 26.5. The van der Waals surface area contributed by atoms with Gasteiger partial charge in [-0.3, -0.25) is 0 Å². The van der Waals surface area contributed by atoms with Gasteiger partial charge in [0.25, 0.3) is 0 Å². The van der Waals surface area contributed by atoms with Crippen LogP contribution in [-0.2, 0) is 4.79 Å². The zero-order chi connectivity index (χ0) is 14.8. The normalized spacial score (nSPS) is 23.6. The van der Waals surface area contributed by atoms with Crippen molar-refractivity contribution in [2.75, 3.05) is 6.54 Å². The second kappa shape index (κ2) is 5.83. The van der Waals surface area contributed by atoms with E-state index in [-0.39, 0.29) is 12.1 Å². The molecule has 1 aromatic heterocycles. The minimum absolute atomic E-state index is 0.105. The summed E-state index contributed by atoms with van der Waals surface area (Å²) in [6.45, 7) is 4.24. The van der Waals surface area contributed by atoms with E-state index in [1.807, 2.05) is 31.4 Å². The second-order valence-electron chi connectivity index (χ2n) is 5.13. The van der Waals surface area contributed by atoms with Crippen LogP contribution in [0.1, 0.15) is 44.0 Å². The monoisotopic (exact) mass is 296 g/mol. The fourth-order valence-corrected chi connectivity index (χ4v) is 3.52. The first-order chi connectivity index (χ1) is 9.51. The van der Waals surface area contributed by atoms with Gasteiger partial charge in [-0.25, -0.2) is 9.59 Å². The molecule has 0 saturated carbocycles. The standard InChI is InChI=1S/C14H20N2O3S/c1-3-14(12(17)18)7-5-8-16(14)13(19)15-10(2)11-6-4-9-20-11/h4,6,9-10H,3,5,7-8H2,1-2H3,(H,15,19)(H,17,18). The van der Waals surface area contributed by atoms with Gasteiger partial charge in [-0.2, -0.15) is 0 Å². The third-order valence-corrected chi connectivity index (χ3v) is 5.08. The van der Waals surface area contributed by atoms with Crippen molar-refractivity contribution in [3.05, 3.63) is 22.4 Å². The van der Waals surface area contributed by atoms with E-state index in [0.29, 0.717) is 19.4 Å². The maximum absolute atomic E-state index is 12.4. The Hall–Kier alpha value is -1.56. The lowest BCUT2D eigenvalue weighted by atomic mass is 9.93. The Labute approximate surface area is 122 Å². The smallest absolute Gasteiger partial charge is 0.329 e. The lowest BCUT2D eigenvalue weighted by Crippen LogP contribution is -2.55. The van der Waals surface area contributed by atoms with Crippen LogP contribution in [0.15, 0.2) is 17.5 Å². The highest BCUT2D eigenvalue weighted by Crippen LogP contribution is 2.33. The molecule has 110 valence electrons. The Morgan fingerprint density at radius 3 is 2.90 bits per heavy atom. The predicted molar refractivity (Wildman–Crippen MR) is 77.9 cm³/mol. The third-order valence-electron chi connectivity index (χ3n) is 4.03. The number of carboxylic acid groups (broad SMARTS) is 1. The maximum Gasteiger partial charge on any atom is 0.329 e. The molecule has 5 nitrogen and oxygen atoms in total. The molecule has 1 fully saturated rings. The molecule has 1 aliphatic rings. The Kier molecular flexibility index (Phi) is 4.32. The van der Waals surface area contributed by atoms with Crippen LogP contribution in [0.25, 0.3) is 0 Å². The number of likely N-dealkylation sites (tertiary alicyclic amines) is 1. The quantitative estimate of drug-likeness (QED) is 0.897. The molecular weight excluding hydrogens is 276 g/mol. The first-order valence-corrected chi connectivity index (χ1v) is 7.74. The van der Waals surface area contributed by atoms with Crippen molar-refractivity contribution in [1.29, 1.82) is 0 Å². The Morgan fingerprint density at radius 1 is 1.60 bits per heavy atom. The van der Waals surface area contributed by atoms with Gasteiger partial charge in [0.2, 0.25) is 0 Å². The van der Waals surface area contributed by atoms with Gasteiger partial charge in [-0.15, -0.1) is 11.3 Å². The summed E-state index contributed by atoms with van der Waals surface area (Å²) in [5, 5.41) is 14.3. The average Bonchev–Trinajstić information content (AvgIpc) is 3.08. The van der Waals surface area contributed by atoms with Crippen LogP contribution in [-0.4, -0.2) is 34.1 Å². The number of amides is 2. The number of thiophene rings is 1. The highest BCUT2D eigenvalue weighted by Gasteiger charge is 2.48. The molecule has 0 spiro atoms. The van der Waals surface area contributed by atoms with E-state index >= 15 is 0 Å². The number of nitrogens with zero attached hydrogens (tertiary/aromatic N) is 1. The van der Waals surface area contributed by atoms with Crippen LogP contribution in [0.4, 0.5) is 4.79 Å². The van der Waals surface area contributed by atoms with Gasteiger partial charge in [0.05, 0.1) is 6.04 Å². The summed E-state index contributed by atoms with van der Waals surface area (Å²) in [6.07, 6.45) is 1.70. The van der Waals surface area contributed by atoms with Crippen molar-refractivity contribution >= 4 is 23.3 Å². The molecule has 2 N–H and O–H groups in total. The molecule has 2 rings (SSSR count). The molecular formula is C14H20N2O3S. The molecule has 1 aromatic rings. The van der Waals surface area contributed by atoms with Crippen molar-refractivity contribution in [2.45, 2.75) is 44.7 Å². The molecule has 0 radical (unpaired) electrons. The van der Waals surface area contributed by atoms with Gasteiger partial charge in [-0.05, 0) is 37.6 Å². The summed E-state index contributed by atoms with van der Waals surface area (Å²) in [7, 11) is 0. The minimum atomic E-state index is -1.04.